The molecule has 2 fully saturated rings. The molecule has 4 aliphatic carbocycles. The summed E-state index contributed by atoms with van der Waals surface area (Å²) in [6.45, 7) is 5.51. The van der Waals surface area contributed by atoms with Crippen molar-refractivity contribution in [2.75, 3.05) is 0 Å². The maximum atomic E-state index is 11.9. The van der Waals surface area contributed by atoms with Gasteiger partial charge in [0.25, 0.3) is 0 Å². The van der Waals surface area contributed by atoms with Crippen LogP contribution in [0.5, 0.6) is 23.0 Å². The molecule has 0 spiro atoms. The zero-order valence-electron chi connectivity index (χ0n) is 21.7. The molecule has 4 aliphatic rings. The lowest BCUT2D eigenvalue weighted by atomic mass is 9.69. The summed E-state index contributed by atoms with van der Waals surface area (Å²) in [6.07, 6.45) is 4.86. The smallest absolute Gasteiger partial charge is 0.308 e. The van der Waals surface area contributed by atoms with E-state index in [-0.39, 0.29) is 35.6 Å². The Hall–Kier alpha value is -3.68. The molecule has 8 nitrogen and oxygen atoms in total. The summed E-state index contributed by atoms with van der Waals surface area (Å²) in [5.74, 6) is 2.29. The van der Waals surface area contributed by atoms with Gasteiger partial charge >= 0.3 is 23.9 Å². The molecule has 8 heteroatoms. The predicted octanol–water partition coefficient (Wildman–Crippen LogP) is 5.04. The molecule has 0 amide bonds. The van der Waals surface area contributed by atoms with Crippen molar-refractivity contribution in [3.05, 3.63) is 58.9 Å². The van der Waals surface area contributed by atoms with E-state index >= 15 is 0 Å². The van der Waals surface area contributed by atoms with E-state index in [0.29, 0.717) is 23.0 Å². The first-order valence-electron chi connectivity index (χ1n) is 12.9. The van der Waals surface area contributed by atoms with E-state index in [0.717, 1.165) is 41.5 Å². The van der Waals surface area contributed by atoms with Crippen molar-refractivity contribution in [3.63, 3.8) is 0 Å². The summed E-state index contributed by atoms with van der Waals surface area (Å²) in [4.78, 5) is 47.3. The molecule has 4 bridgehead atoms. The molecule has 2 aromatic rings. The molecule has 0 N–H and O–H groups in total. The third kappa shape index (κ3) is 3.89. The van der Waals surface area contributed by atoms with Gasteiger partial charge in [-0.3, -0.25) is 19.2 Å². The lowest BCUT2D eigenvalue weighted by Gasteiger charge is -2.36. The molecule has 0 heterocycles. The minimum atomic E-state index is -0.404. The molecular weight excluding hydrogens is 488 g/mol. The average molecular weight is 517 g/mol. The third-order valence-corrected chi connectivity index (χ3v) is 8.20. The second kappa shape index (κ2) is 8.96. The van der Waals surface area contributed by atoms with Crippen molar-refractivity contribution in [2.24, 2.45) is 5.92 Å². The van der Waals surface area contributed by atoms with Crippen LogP contribution in [0.4, 0.5) is 0 Å². The van der Waals surface area contributed by atoms with Crippen molar-refractivity contribution in [3.8, 4) is 23.0 Å². The van der Waals surface area contributed by atoms with Crippen molar-refractivity contribution < 1.29 is 38.1 Å². The van der Waals surface area contributed by atoms with Crippen LogP contribution in [0.25, 0.3) is 0 Å². The van der Waals surface area contributed by atoms with Crippen LogP contribution in [0.1, 0.15) is 92.9 Å². The fourth-order valence-electron chi connectivity index (χ4n) is 7.35. The summed E-state index contributed by atoms with van der Waals surface area (Å²) < 4.78 is 22.3. The zero-order valence-corrected chi connectivity index (χ0v) is 21.7. The molecule has 0 saturated heterocycles. The Labute approximate surface area is 220 Å². The van der Waals surface area contributed by atoms with Crippen LogP contribution in [-0.4, -0.2) is 23.9 Å². The fraction of sp³-hybridized carbons (Fsp3) is 0.400. The zero-order chi connectivity index (χ0) is 26.9. The normalized spacial score (nSPS) is 26.1. The van der Waals surface area contributed by atoms with Gasteiger partial charge in [0, 0.05) is 49.9 Å². The Morgan fingerprint density at radius 3 is 1.55 bits per heavy atom. The summed E-state index contributed by atoms with van der Waals surface area (Å²) in [6, 6.07) is 6.83. The highest BCUT2D eigenvalue weighted by Crippen LogP contribution is 2.70. The van der Waals surface area contributed by atoms with Crippen LogP contribution in [0.15, 0.2) is 24.3 Å². The number of carbonyl (C=O) groups is 4. The van der Waals surface area contributed by atoms with Crippen molar-refractivity contribution in [1.82, 2.24) is 0 Å². The van der Waals surface area contributed by atoms with Gasteiger partial charge in [0.2, 0.25) is 0 Å². The Morgan fingerprint density at radius 1 is 0.579 bits per heavy atom. The first kappa shape index (κ1) is 24.6. The van der Waals surface area contributed by atoms with Gasteiger partial charge in [0.05, 0.1) is 0 Å². The number of ether oxygens (including phenoxy) is 4. The molecule has 196 valence electrons. The minimum Gasteiger partial charge on any atom is -0.426 e. The number of benzene rings is 2. The maximum absolute atomic E-state index is 11.9. The Balaban J connectivity index is 1.38. The highest BCUT2D eigenvalue weighted by atomic mass is 16.5. The standard InChI is InChI=1S/C30H28O8/c1-13(31)35-23-5-7-25(37-15(3)33)29-21-11-17(27(23)29)9-19(21)20-10-18-12-22(20)30-26(38-16(4)34)8-6-24(28(18)30)36-14(2)32/h5-9,17-18,20-22H,10-12H2,1-4H3/t17-,18+,20?,21-,22+/m1/s1. The number of carbonyl (C=O) groups excluding carboxylic acids is 4. The van der Waals surface area contributed by atoms with Crippen molar-refractivity contribution in [1.29, 1.82) is 0 Å². The summed E-state index contributed by atoms with van der Waals surface area (Å²) in [5.41, 5.74) is 3.73. The number of hydrogen-bond acceptors (Lipinski definition) is 8. The molecule has 6 rings (SSSR count). The number of fused-ring (bicyclic) bond motifs is 10. The van der Waals surface area contributed by atoms with Crippen LogP contribution < -0.4 is 18.9 Å². The molecule has 0 aliphatic heterocycles. The van der Waals surface area contributed by atoms with E-state index in [1.54, 1.807) is 24.3 Å². The summed E-state index contributed by atoms with van der Waals surface area (Å²) in [5, 5.41) is 0. The molecule has 0 aromatic heterocycles. The van der Waals surface area contributed by atoms with Gasteiger partial charge in [-0.1, -0.05) is 0 Å². The first-order valence-corrected chi connectivity index (χ1v) is 12.9. The van der Waals surface area contributed by atoms with Gasteiger partial charge in [0.15, 0.2) is 0 Å². The maximum Gasteiger partial charge on any atom is 0.308 e. The number of hydrogen-bond donors (Lipinski definition) is 0. The molecule has 2 saturated carbocycles. The lowest BCUT2D eigenvalue weighted by Crippen LogP contribution is -2.25. The van der Waals surface area contributed by atoms with E-state index < -0.39 is 17.9 Å². The molecular formula is C30H28O8. The quantitative estimate of drug-likeness (QED) is 0.402. The van der Waals surface area contributed by atoms with E-state index in [1.165, 1.54) is 33.6 Å². The first-order chi connectivity index (χ1) is 18.1. The van der Waals surface area contributed by atoms with Crippen LogP contribution >= 0.6 is 0 Å². The highest BCUT2D eigenvalue weighted by Gasteiger charge is 2.57. The predicted molar refractivity (Wildman–Crippen MR) is 134 cm³/mol. The van der Waals surface area contributed by atoms with Crippen LogP contribution in [-0.2, 0) is 19.2 Å². The van der Waals surface area contributed by atoms with Crippen LogP contribution in [0.3, 0.4) is 0 Å². The summed E-state index contributed by atoms with van der Waals surface area (Å²) in [7, 11) is 0. The Bertz CT molecular complexity index is 1290. The van der Waals surface area contributed by atoms with Crippen LogP contribution in [0, 0.1) is 18.3 Å². The average Bonchev–Trinajstić information content (AvgIpc) is 3.59. The molecule has 1 unspecified atom stereocenters. The minimum absolute atomic E-state index is 0.0292. The van der Waals surface area contributed by atoms with E-state index in [2.05, 4.69) is 6.42 Å². The topological polar surface area (TPSA) is 105 Å². The van der Waals surface area contributed by atoms with Gasteiger partial charge in [-0.05, 0) is 85.5 Å². The van der Waals surface area contributed by atoms with E-state index in [1.807, 2.05) is 0 Å². The van der Waals surface area contributed by atoms with Gasteiger partial charge in [-0.15, -0.1) is 0 Å². The highest BCUT2D eigenvalue weighted by molar-refractivity contribution is 5.76. The van der Waals surface area contributed by atoms with E-state index in [9.17, 15) is 19.2 Å². The fourth-order valence-corrected chi connectivity index (χ4v) is 7.35. The molecule has 2 aromatic carbocycles. The van der Waals surface area contributed by atoms with Crippen molar-refractivity contribution in [2.45, 2.75) is 70.6 Å². The third-order valence-electron chi connectivity index (χ3n) is 8.20. The molecule has 5 atom stereocenters. The number of rotatable bonds is 5. The SMILES string of the molecule is CC(=O)Oc1ccc(OC(C)=O)c2c1[C@H]1CC([C]3[CH][C@@H]4C[C@H]3c3c(OC(C)=O)ccc(OC(C)=O)c34)[C@@H]2C1. The molecule has 38 heavy (non-hydrogen) atoms. The number of esters is 4. The van der Waals surface area contributed by atoms with E-state index in [4.69, 9.17) is 18.9 Å². The second-order valence-electron chi connectivity index (χ2n) is 10.6. The second-order valence-corrected chi connectivity index (χ2v) is 10.6. The monoisotopic (exact) mass is 516 g/mol. The Morgan fingerprint density at radius 2 is 1.03 bits per heavy atom. The largest absolute Gasteiger partial charge is 0.426 e. The summed E-state index contributed by atoms with van der Waals surface area (Å²) >= 11 is 0. The van der Waals surface area contributed by atoms with Crippen LogP contribution in [0.2, 0.25) is 0 Å². The van der Waals surface area contributed by atoms with Gasteiger partial charge in [-0.25, -0.2) is 0 Å². The van der Waals surface area contributed by atoms with Crippen molar-refractivity contribution >= 4 is 23.9 Å². The lowest BCUT2D eigenvalue weighted by molar-refractivity contribution is -0.133. The Kier molecular flexibility index (Phi) is 5.81. The van der Waals surface area contributed by atoms with Gasteiger partial charge < -0.3 is 18.9 Å². The molecule has 2 radical (unpaired) electrons. The van der Waals surface area contributed by atoms with Gasteiger partial charge in [0.1, 0.15) is 23.0 Å². The van der Waals surface area contributed by atoms with Gasteiger partial charge in [-0.2, -0.15) is 0 Å².